The highest BCUT2D eigenvalue weighted by atomic mass is 15.0. The molecule has 1 fully saturated rings. The Kier molecular flexibility index (Phi) is 3.97. The zero-order valence-electron chi connectivity index (χ0n) is 10.3. The van der Waals surface area contributed by atoms with Crippen LogP contribution < -0.4 is 10.6 Å². The summed E-state index contributed by atoms with van der Waals surface area (Å²) in [6.07, 6.45) is 2.58. The Morgan fingerprint density at radius 3 is 2.69 bits per heavy atom. The maximum absolute atomic E-state index is 3.69. The molecule has 2 rings (SSSR count). The zero-order chi connectivity index (χ0) is 11.4. The van der Waals surface area contributed by atoms with Crippen molar-refractivity contribution in [2.45, 2.75) is 38.8 Å². The van der Waals surface area contributed by atoms with Crippen molar-refractivity contribution < 1.29 is 0 Å². The van der Waals surface area contributed by atoms with Gasteiger partial charge in [0, 0.05) is 18.6 Å². The van der Waals surface area contributed by atoms with Crippen LogP contribution in [0.25, 0.3) is 0 Å². The summed E-state index contributed by atoms with van der Waals surface area (Å²) in [5, 5.41) is 7.13. The molecule has 1 aromatic rings. The summed E-state index contributed by atoms with van der Waals surface area (Å²) in [7, 11) is 0. The summed E-state index contributed by atoms with van der Waals surface area (Å²) >= 11 is 0. The molecule has 0 aromatic heterocycles. The first-order valence-electron chi connectivity index (χ1n) is 6.29. The van der Waals surface area contributed by atoms with Gasteiger partial charge < -0.3 is 10.6 Å². The fourth-order valence-electron chi connectivity index (χ4n) is 2.30. The SMILES string of the molecule is Cc1ccc(C(C)NC2CCCNC2)cc1. The first-order chi connectivity index (χ1) is 7.75. The lowest BCUT2D eigenvalue weighted by atomic mass is 10.0. The topological polar surface area (TPSA) is 24.1 Å². The van der Waals surface area contributed by atoms with Crippen LogP contribution in [0.3, 0.4) is 0 Å². The molecule has 0 amide bonds. The van der Waals surface area contributed by atoms with Gasteiger partial charge in [-0.25, -0.2) is 0 Å². The molecule has 0 spiro atoms. The Bertz CT molecular complexity index is 312. The molecular formula is C14H22N2. The van der Waals surface area contributed by atoms with E-state index in [9.17, 15) is 0 Å². The minimum Gasteiger partial charge on any atom is -0.315 e. The third-order valence-corrected chi connectivity index (χ3v) is 3.36. The Morgan fingerprint density at radius 2 is 2.06 bits per heavy atom. The lowest BCUT2D eigenvalue weighted by Crippen LogP contribution is -2.43. The number of nitrogens with one attached hydrogen (secondary N) is 2. The summed E-state index contributed by atoms with van der Waals surface area (Å²) in [6, 6.07) is 9.90. The first kappa shape index (κ1) is 11.6. The minimum absolute atomic E-state index is 0.450. The van der Waals surface area contributed by atoms with Gasteiger partial charge in [0.15, 0.2) is 0 Å². The number of hydrogen-bond donors (Lipinski definition) is 2. The van der Waals surface area contributed by atoms with Crippen molar-refractivity contribution in [2.24, 2.45) is 0 Å². The Labute approximate surface area is 98.4 Å². The van der Waals surface area contributed by atoms with E-state index < -0.39 is 0 Å². The molecule has 0 saturated carbocycles. The number of piperidine rings is 1. The van der Waals surface area contributed by atoms with Gasteiger partial charge in [0.2, 0.25) is 0 Å². The molecule has 88 valence electrons. The Hall–Kier alpha value is -0.860. The van der Waals surface area contributed by atoms with E-state index >= 15 is 0 Å². The summed E-state index contributed by atoms with van der Waals surface area (Å²) in [5.74, 6) is 0. The molecule has 2 atom stereocenters. The van der Waals surface area contributed by atoms with Crippen LogP contribution in [0.15, 0.2) is 24.3 Å². The van der Waals surface area contributed by atoms with Gasteiger partial charge in [-0.05, 0) is 38.8 Å². The summed E-state index contributed by atoms with van der Waals surface area (Å²) in [4.78, 5) is 0. The molecular weight excluding hydrogens is 196 g/mol. The van der Waals surface area contributed by atoms with Crippen molar-refractivity contribution in [1.82, 2.24) is 10.6 Å². The van der Waals surface area contributed by atoms with Crippen LogP contribution >= 0.6 is 0 Å². The molecule has 1 aromatic carbocycles. The molecule has 0 bridgehead atoms. The number of aryl methyl sites for hydroxylation is 1. The van der Waals surface area contributed by atoms with Gasteiger partial charge in [0.25, 0.3) is 0 Å². The molecule has 2 N–H and O–H groups in total. The quantitative estimate of drug-likeness (QED) is 0.814. The molecule has 0 radical (unpaired) electrons. The Balaban J connectivity index is 1.91. The van der Waals surface area contributed by atoms with E-state index in [0.29, 0.717) is 12.1 Å². The highest BCUT2D eigenvalue weighted by Gasteiger charge is 2.15. The predicted octanol–water partition coefficient (Wildman–Crippen LogP) is 2.40. The second-order valence-electron chi connectivity index (χ2n) is 4.84. The van der Waals surface area contributed by atoms with Crippen LogP contribution in [-0.2, 0) is 0 Å². The van der Waals surface area contributed by atoms with Crippen LogP contribution in [0.4, 0.5) is 0 Å². The smallest absolute Gasteiger partial charge is 0.0294 e. The summed E-state index contributed by atoms with van der Waals surface area (Å²) in [5.41, 5.74) is 2.71. The van der Waals surface area contributed by atoms with Gasteiger partial charge in [-0.15, -0.1) is 0 Å². The largest absolute Gasteiger partial charge is 0.315 e. The number of hydrogen-bond acceptors (Lipinski definition) is 2. The third-order valence-electron chi connectivity index (χ3n) is 3.36. The lowest BCUT2D eigenvalue weighted by Gasteiger charge is -2.27. The molecule has 16 heavy (non-hydrogen) atoms. The van der Waals surface area contributed by atoms with Crippen molar-refractivity contribution in [3.63, 3.8) is 0 Å². The van der Waals surface area contributed by atoms with Crippen molar-refractivity contribution in [3.8, 4) is 0 Å². The van der Waals surface area contributed by atoms with E-state index in [2.05, 4.69) is 48.7 Å². The van der Waals surface area contributed by atoms with Gasteiger partial charge in [0.1, 0.15) is 0 Å². The van der Waals surface area contributed by atoms with Gasteiger partial charge in [-0.3, -0.25) is 0 Å². The zero-order valence-corrected chi connectivity index (χ0v) is 10.3. The highest BCUT2D eigenvalue weighted by molar-refractivity contribution is 5.23. The van der Waals surface area contributed by atoms with Crippen LogP contribution in [-0.4, -0.2) is 19.1 Å². The van der Waals surface area contributed by atoms with Crippen LogP contribution in [0.2, 0.25) is 0 Å². The predicted molar refractivity (Wildman–Crippen MR) is 68.6 cm³/mol. The first-order valence-corrected chi connectivity index (χ1v) is 6.29. The molecule has 1 aliphatic heterocycles. The minimum atomic E-state index is 0.450. The van der Waals surface area contributed by atoms with E-state index in [0.717, 1.165) is 6.54 Å². The monoisotopic (exact) mass is 218 g/mol. The second kappa shape index (κ2) is 5.46. The van der Waals surface area contributed by atoms with Gasteiger partial charge in [0.05, 0.1) is 0 Å². The van der Waals surface area contributed by atoms with Crippen molar-refractivity contribution in [3.05, 3.63) is 35.4 Å². The normalized spacial score (nSPS) is 23.0. The molecule has 2 nitrogen and oxygen atoms in total. The lowest BCUT2D eigenvalue weighted by molar-refractivity contribution is 0.362. The van der Waals surface area contributed by atoms with Crippen molar-refractivity contribution in [1.29, 1.82) is 0 Å². The van der Waals surface area contributed by atoms with Gasteiger partial charge in [-0.2, -0.15) is 0 Å². The molecule has 1 heterocycles. The molecule has 0 aliphatic carbocycles. The number of benzene rings is 1. The molecule has 1 aliphatic rings. The molecule has 1 saturated heterocycles. The van der Waals surface area contributed by atoms with Gasteiger partial charge in [-0.1, -0.05) is 29.8 Å². The number of rotatable bonds is 3. The fourth-order valence-corrected chi connectivity index (χ4v) is 2.30. The summed E-state index contributed by atoms with van der Waals surface area (Å²) < 4.78 is 0. The van der Waals surface area contributed by atoms with E-state index in [4.69, 9.17) is 0 Å². The average molecular weight is 218 g/mol. The average Bonchev–Trinajstić information content (AvgIpc) is 2.31. The highest BCUT2D eigenvalue weighted by Crippen LogP contribution is 2.15. The fraction of sp³-hybridized carbons (Fsp3) is 0.571. The maximum Gasteiger partial charge on any atom is 0.0294 e. The van der Waals surface area contributed by atoms with E-state index in [1.165, 1.54) is 30.5 Å². The standard InChI is InChI=1S/C14H22N2/c1-11-5-7-13(8-6-11)12(2)16-14-4-3-9-15-10-14/h5-8,12,14-16H,3-4,9-10H2,1-2H3. The molecule has 2 unspecified atom stereocenters. The van der Waals surface area contributed by atoms with E-state index in [1.54, 1.807) is 0 Å². The second-order valence-corrected chi connectivity index (χ2v) is 4.84. The maximum atomic E-state index is 3.69. The van der Waals surface area contributed by atoms with Crippen LogP contribution in [0.1, 0.15) is 36.9 Å². The van der Waals surface area contributed by atoms with Crippen LogP contribution in [0, 0.1) is 6.92 Å². The van der Waals surface area contributed by atoms with E-state index in [-0.39, 0.29) is 0 Å². The summed E-state index contributed by atoms with van der Waals surface area (Å²) in [6.45, 7) is 6.67. The Morgan fingerprint density at radius 1 is 1.31 bits per heavy atom. The van der Waals surface area contributed by atoms with E-state index in [1.807, 2.05) is 0 Å². The van der Waals surface area contributed by atoms with Crippen LogP contribution in [0.5, 0.6) is 0 Å². The molecule has 2 heteroatoms. The van der Waals surface area contributed by atoms with Crippen molar-refractivity contribution >= 4 is 0 Å². The third kappa shape index (κ3) is 3.06. The van der Waals surface area contributed by atoms with Gasteiger partial charge >= 0.3 is 0 Å². The van der Waals surface area contributed by atoms with Crippen molar-refractivity contribution in [2.75, 3.05) is 13.1 Å².